The number of alkyl halides is 3. The van der Waals surface area contributed by atoms with Gasteiger partial charge < -0.3 is 29.2 Å². The second-order valence-electron chi connectivity index (χ2n) is 11.3. The zero-order valence-electron chi connectivity index (χ0n) is 23.5. The average molecular weight is 587 g/mol. The Balaban J connectivity index is 1.59. The van der Waals surface area contributed by atoms with Crippen molar-refractivity contribution in [2.75, 3.05) is 47.6 Å². The molecule has 0 unspecified atom stereocenters. The van der Waals surface area contributed by atoms with E-state index in [4.69, 9.17) is 18.9 Å². The Hall–Kier alpha value is -3.38. The molecule has 11 heteroatoms. The minimum atomic E-state index is -4.45. The number of hydrogen-bond donors (Lipinski definition) is 2. The van der Waals surface area contributed by atoms with Crippen LogP contribution in [0.1, 0.15) is 34.1 Å². The smallest absolute Gasteiger partial charge is 0.401 e. The van der Waals surface area contributed by atoms with Crippen LogP contribution in [-0.2, 0) is 15.9 Å². The van der Waals surface area contributed by atoms with Crippen LogP contribution in [0.3, 0.4) is 0 Å². The van der Waals surface area contributed by atoms with Gasteiger partial charge in [0.05, 0.1) is 45.6 Å². The van der Waals surface area contributed by atoms with Crippen molar-refractivity contribution in [2.45, 2.75) is 35.3 Å². The van der Waals surface area contributed by atoms with Gasteiger partial charge in [0.15, 0.2) is 11.2 Å². The molecule has 3 heterocycles. The third-order valence-corrected chi connectivity index (χ3v) is 8.83. The molecule has 3 aromatic rings. The maximum atomic E-state index is 13.4. The van der Waals surface area contributed by atoms with Gasteiger partial charge in [-0.3, -0.25) is 4.90 Å². The standard InChI is InChI=1S/C31H33F3N2O6/c1-36(17-29(32,33)34)14-22-25(19-7-5-4-6-8-19)31(21-11-9-18(10-12-21)20-15-41-16-20)30(38,27(22)37)26-23(42-31)13-24(39-2)35-28(26)40-3/h4-13,20,22,25,27,37-38H,14-17H2,1-3H3/t22-,25-,27-,30+,31+/m1/s1. The fourth-order valence-corrected chi connectivity index (χ4v) is 7.03. The van der Waals surface area contributed by atoms with Gasteiger partial charge in [-0.1, -0.05) is 54.6 Å². The van der Waals surface area contributed by atoms with Crippen molar-refractivity contribution in [2.24, 2.45) is 5.92 Å². The van der Waals surface area contributed by atoms with Crippen LogP contribution in [0.2, 0.25) is 0 Å². The van der Waals surface area contributed by atoms with Crippen LogP contribution in [0, 0.1) is 5.92 Å². The number of ether oxygens (including phenoxy) is 4. The number of aliphatic hydroxyl groups is 2. The van der Waals surface area contributed by atoms with E-state index in [0.717, 1.165) is 10.5 Å². The third-order valence-electron chi connectivity index (χ3n) is 8.83. The molecule has 224 valence electrons. The second kappa shape index (κ2) is 10.4. The fourth-order valence-electron chi connectivity index (χ4n) is 7.03. The van der Waals surface area contributed by atoms with Crippen LogP contribution < -0.4 is 14.2 Å². The number of methoxy groups -OCH3 is 2. The quantitative estimate of drug-likeness (QED) is 0.410. The number of benzene rings is 2. The molecule has 2 aromatic carbocycles. The van der Waals surface area contributed by atoms with Crippen LogP contribution in [0.15, 0.2) is 60.7 Å². The molecule has 0 amide bonds. The van der Waals surface area contributed by atoms with Gasteiger partial charge in [0, 0.05) is 30.4 Å². The van der Waals surface area contributed by atoms with E-state index in [1.54, 1.807) is 0 Å². The Morgan fingerprint density at radius 3 is 2.29 bits per heavy atom. The summed E-state index contributed by atoms with van der Waals surface area (Å²) in [6, 6.07) is 18.2. The molecule has 1 aromatic heterocycles. The summed E-state index contributed by atoms with van der Waals surface area (Å²) in [6.45, 7) is -0.136. The van der Waals surface area contributed by atoms with E-state index >= 15 is 0 Å². The lowest BCUT2D eigenvalue weighted by Crippen LogP contribution is -2.52. The molecule has 1 saturated heterocycles. The first-order valence-corrected chi connectivity index (χ1v) is 13.7. The molecule has 8 nitrogen and oxygen atoms in total. The Morgan fingerprint density at radius 1 is 1.02 bits per heavy atom. The van der Waals surface area contributed by atoms with Crippen LogP contribution >= 0.6 is 0 Å². The Kier molecular flexibility index (Phi) is 7.12. The molecule has 6 rings (SSSR count). The molecule has 0 spiro atoms. The van der Waals surface area contributed by atoms with Gasteiger partial charge >= 0.3 is 6.18 Å². The highest BCUT2D eigenvalue weighted by atomic mass is 19.4. The zero-order valence-corrected chi connectivity index (χ0v) is 23.5. The molecule has 42 heavy (non-hydrogen) atoms. The van der Waals surface area contributed by atoms with Crippen LogP contribution in [0.25, 0.3) is 0 Å². The maximum Gasteiger partial charge on any atom is 0.401 e. The van der Waals surface area contributed by atoms with Gasteiger partial charge in [-0.25, -0.2) is 0 Å². The van der Waals surface area contributed by atoms with Crippen molar-refractivity contribution in [3.63, 3.8) is 0 Å². The van der Waals surface area contributed by atoms with Gasteiger partial charge in [-0.15, -0.1) is 0 Å². The summed E-state index contributed by atoms with van der Waals surface area (Å²) in [6.07, 6.45) is -6.01. The van der Waals surface area contributed by atoms with Crippen LogP contribution in [0.5, 0.6) is 17.5 Å². The van der Waals surface area contributed by atoms with E-state index in [1.807, 2.05) is 54.6 Å². The highest BCUT2D eigenvalue weighted by Crippen LogP contribution is 2.70. The number of fused-ring (bicyclic) bond motifs is 3. The molecule has 0 radical (unpaired) electrons. The summed E-state index contributed by atoms with van der Waals surface area (Å²) in [5.74, 6) is -1.04. The predicted octanol–water partition coefficient (Wildman–Crippen LogP) is 3.96. The van der Waals surface area contributed by atoms with Crippen LogP contribution in [-0.4, -0.2) is 79.9 Å². The van der Waals surface area contributed by atoms with Crippen molar-refractivity contribution in [3.05, 3.63) is 82.9 Å². The summed E-state index contributed by atoms with van der Waals surface area (Å²) in [5.41, 5.74) is -1.39. The molecule has 5 atom stereocenters. The van der Waals surface area contributed by atoms with E-state index in [-0.39, 0.29) is 35.5 Å². The molecular formula is C31H33F3N2O6. The van der Waals surface area contributed by atoms with Gasteiger partial charge in [0.25, 0.3) is 0 Å². The van der Waals surface area contributed by atoms with E-state index in [0.29, 0.717) is 24.3 Å². The molecule has 2 aliphatic heterocycles. The number of aliphatic hydroxyl groups excluding tert-OH is 1. The normalized spacial score (nSPS) is 28.6. The average Bonchev–Trinajstić information content (AvgIpc) is 3.29. The minimum Gasteiger partial charge on any atom is -0.481 e. The van der Waals surface area contributed by atoms with Crippen molar-refractivity contribution < 1.29 is 42.3 Å². The number of halogens is 3. The van der Waals surface area contributed by atoms with E-state index in [2.05, 4.69) is 4.98 Å². The summed E-state index contributed by atoms with van der Waals surface area (Å²) >= 11 is 0. The Morgan fingerprint density at radius 2 is 1.71 bits per heavy atom. The van der Waals surface area contributed by atoms with E-state index < -0.39 is 41.9 Å². The SMILES string of the molecule is COc1cc2c(c(OC)n1)[C@]1(O)[C@H](O)[C@H](CN(C)CC(F)(F)F)[C@@H](c3ccccc3)[C@]1(c1ccc(C3COC3)cc1)O2. The van der Waals surface area contributed by atoms with Crippen LogP contribution in [0.4, 0.5) is 13.2 Å². The lowest BCUT2D eigenvalue weighted by Gasteiger charge is -2.41. The molecule has 2 fully saturated rings. The van der Waals surface area contributed by atoms with E-state index in [9.17, 15) is 23.4 Å². The molecule has 1 aliphatic carbocycles. The number of rotatable bonds is 8. The van der Waals surface area contributed by atoms with Crippen molar-refractivity contribution in [1.82, 2.24) is 9.88 Å². The highest BCUT2D eigenvalue weighted by Gasteiger charge is 2.77. The first kappa shape index (κ1) is 28.7. The maximum absolute atomic E-state index is 13.4. The topological polar surface area (TPSA) is 93.5 Å². The number of pyridine rings is 1. The zero-order chi connectivity index (χ0) is 29.9. The Bertz CT molecular complexity index is 1440. The number of nitrogens with zero attached hydrogens (tertiary/aromatic N) is 2. The molecule has 0 bridgehead atoms. The number of aromatic nitrogens is 1. The van der Waals surface area contributed by atoms with Gasteiger partial charge in [-0.05, 0) is 23.7 Å². The van der Waals surface area contributed by atoms with E-state index in [1.165, 1.54) is 27.3 Å². The summed E-state index contributed by atoms with van der Waals surface area (Å²) < 4.78 is 63.4. The lowest BCUT2D eigenvalue weighted by molar-refractivity contribution is -0.155. The minimum absolute atomic E-state index is 0.00730. The first-order chi connectivity index (χ1) is 20.0. The van der Waals surface area contributed by atoms with Gasteiger partial charge in [0.2, 0.25) is 11.8 Å². The van der Waals surface area contributed by atoms with Gasteiger partial charge in [0.1, 0.15) is 5.75 Å². The fraction of sp³-hybridized carbons (Fsp3) is 0.452. The summed E-state index contributed by atoms with van der Waals surface area (Å²) in [5, 5.41) is 25.1. The van der Waals surface area contributed by atoms with Crippen molar-refractivity contribution >= 4 is 0 Å². The lowest BCUT2D eigenvalue weighted by atomic mass is 9.70. The molecule has 2 N–H and O–H groups in total. The van der Waals surface area contributed by atoms with Crippen molar-refractivity contribution in [1.29, 1.82) is 0 Å². The molecule has 3 aliphatic rings. The van der Waals surface area contributed by atoms with Crippen molar-refractivity contribution in [3.8, 4) is 17.5 Å². The second-order valence-corrected chi connectivity index (χ2v) is 11.3. The monoisotopic (exact) mass is 586 g/mol. The Labute approximate surface area is 241 Å². The predicted molar refractivity (Wildman–Crippen MR) is 146 cm³/mol. The largest absolute Gasteiger partial charge is 0.481 e. The summed E-state index contributed by atoms with van der Waals surface area (Å²) in [7, 11) is 4.17. The molecule has 1 saturated carbocycles. The number of hydrogen-bond acceptors (Lipinski definition) is 8. The molecular weight excluding hydrogens is 553 g/mol. The summed E-state index contributed by atoms with van der Waals surface area (Å²) in [4.78, 5) is 5.48. The first-order valence-electron chi connectivity index (χ1n) is 13.7. The van der Waals surface area contributed by atoms with Gasteiger partial charge in [-0.2, -0.15) is 18.2 Å². The highest BCUT2D eigenvalue weighted by molar-refractivity contribution is 5.60. The third kappa shape index (κ3) is 4.33.